The van der Waals surface area contributed by atoms with E-state index in [1.165, 1.54) is 0 Å². The molecule has 0 radical (unpaired) electrons. The van der Waals surface area contributed by atoms with Gasteiger partial charge in [-0.2, -0.15) is 0 Å². The molecule has 0 aromatic heterocycles. The molecule has 1 atom stereocenters. The molecule has 1 aliphatic rings. The lowest BCUT2D eigenvalue weighted by molar-refractivity contribution is -0.151. The van der Waals surface area contributed by atoms with Gasteiger partial charge in [0.25, 0.3) is 5.91 Å². The Hall–Kier alpha value is -2.57. The molecule has 7 heteroatoms. The number of hydrogen-bond donors (Lipinski definition) is 3. The van der Waals surface area contributed by atoms with Gasteiger partial charge < -0.3 is 20.7 Å². The van der Waals surface area contributed by atoms with Gasteiger partial charge in [0.15, 0.2) is 6.61 Å². The van der Waals surface area contributed by atoms with Gasteiger partial charge in [0.05, 0.1) is 0 Å². The van der Waals surface area contributed by atoms with Crippen LogP contribution in [0.2, 0.25) is 0 Å². The third-order valence-corrected chi connectivity index (χ3v) is 4.97. The van der Waals surface area contributed by atoms with E-state index in [-0.39, 0.29) is 24.5 Å². The van der Waals surface area contributed by atoms with Crippen LogP contribution >= 0.6 is 0 Å². The van der Waals surface area contributed by atoms with Gasteiger partial charge in [-0.05, 0) is 49.7 Å². The molecule has 0 heterocycles. The van der Waals surface area contributed by atoms with Gasteiger partial charge in [0.2, 0.25) is 0 Å². The van der Waals surface area contributed by atoms with E-state index in [4.69, 9.17) is 4.74 Å². The number of rotatable bonds is 7. The number of ether oxygens (including phenoxy) is 1. The van der Waals surface area contributed by atoms with E-state index in [1.807, 2.05) is 6.07 Å². The molecule has 2 rings (SSSR count). The van der Waals surface area contributed by atoms with Gasteiger partial charge >= 0.3 is 12.0 Å². The molecule has 28 heavy (non-hydrogen) atoms. The predicted molar refractivity (Wildman–Crippen MR) is 108 cm³/mol. The second-order valence-electron chi connectivity index (χ2n) is 7.82. The fraction of sp³-hybridized carbons (Fsp3) is 0.571. The molecule has 1 saturated carbocycles. The van der Waals surface area contributed by atoms with Crippen LogP contribution in [0.4, 0.5) is 10.5 Å². The van der Waals surface area contributed by atoms with Crippen molar-refractivity contribution in [2.45, 2.75) is 58.5 Å². The Balaban J connectivity index is 1.78. The van der Waals surface area contributed by atoms with Crippen LogP contribution in [0, 0.1) is 11.8 Å². The number of hydrogen-bond acceptors (Lipinski definition) is 4. The standard InChI is InChI=1S/C21H31N3O4/c1-14(2)19(24-21(27)23-16-7-5-4-6-8-16)20(26)28-13-18(25)22-17-11-9-15(3)10-12-17/h4-8,14-15,17,19H,9-13H2,1-3H3,(H,22,25)(H2,23,24,27)/t15?,17?,19-/m1/s1. The maximum absolute atomic E-state index is 12.4. The molecule has 0 bridgehead atoms. The molecule has 1 aromatic carbocycles. The van der Waals surface area contributed by atoms with E-state index in [9.17, 15) is 14.4 Å². The summed E-state index contributed by atoms with van der Waals surface area (Å²) in [6, 6.07) is 7.76. The van der Waals surface area contributed by atoms with Crippen LogP contribution in [0.5, 0.6) is 0 Å². The number of anilines is 1. The number of carbonyl (C=O) groups is 3. The second-order valence-corrected chi connectivity index (χ2v) is 7.82. The summed E-state index contributed by atoms with van der Waals surface area (Å²) in [5.74, 6) is -0.405. The van der Waals surface area contributed by atoms with Crippen LogP contribution in [-0.4, -0.2) is 36.6 Å². The van der Waals surface area contributed by atoms with Gasteiger partial charge in [-0.3, -0.25) is 4.79 Å². The molecule has 0 aliphatic heterocycles. The zero-order valence-electron chi connectivity index (χ0n) is 16.9. The fourth-order valence-corrected chi connectivity index (χ4v) is 3.23. The Morgan fingerprint density at radius 1 is 1.07 bits per heavy atom. The molecular weight excluding hydrogens is 358 g/mol. The van der Waals surface area contributed by atoms with Crippen LogP contribution in [0.1, 0.15) is 46.5 Å². The topological polar surface area (TPSA) is 96.5 Å². The maximum Gasteiger partial charge on any atom is 0.329 e. The maximum atomic E-state index is 12.4. The minimum Gasteiger partial charge on any atom is -0.454 e. The van der Waals surface area contributed by atoms with Crippen LogP contribution in [0.3, 0.4) is 0 Å². The normalized spacial score (nSPS) is 20.1. The summed E-state index contributed by atoms with van der Waals surface area (Å²) >= 11 is 0. The van der Waals surface area contributed by atoms with Crippen LogP contribution in [0.15, 0.2) is 30.3 Å². The SMILES string of the molecule is CC1CCC(NC(=O)COC(=O)[C@H](NC(=O)Nc2ccccc2)C(C)C)CC1. The number of carbonyl (C=O) groups excluding carboxylic acids is 3. The Morgan fingerprint density at radius 3 is 2.32 bits per heavy atom. The van der Waals surface area contributed by atoms with Crippen molar-refractivity contribution in [2.75, 3.05) is 11.9 Å². The number of nitrogens with one attached hydrogen (secondary N) is 3. The highest BCUT2D eigenvalue weighted by atomic mass is 16.5. The minimum atomic E-state index is -0.841. The Bertz CT molecular complexity index is 655. The van der Waals surface area contributed by atoms with E-state index < -0.39 is 18.0 Å². The van der Waals surface area contributed by atoms with Crippen LogP contribution < -0.4 is 16.0 Å². The highest BCUT2D eigenvalue weighted by Gasteiger charge is 2.27. The third kappa shape index (κ3) is 7.21. The van der Waals surface area contributed by atoms with Crippen molar-refractivity contribution in [3.05, 3.63) is 30.3 Å². The third-order valence-electron chi connectivity index (χ3n) is 4.97. The fourth-order valence-electron chi connectivity index (χ4n) is 3.23. The van der Waals surface area contributed by atoms with Crippen molar-refractivity contribution in [3.63, 3.8) is 0 Å². The average molecular weight is 389 g/mol. The van der Waals surface area contributed by atoms with Gasteiger partial charge in [0, 0.05) is 11.7 Å². The van der Waals surface area contributed by atoms with Crippen molar-refractivity contribution < 1.29 is 19.1 Å². The van der Waals surface area contributed by atoms with Gasteiger partial charge in [-0.25, -0.2) is 9.59 Å². The van der Waals surface area contributed by atoms with Crippen LogP contribution in [0.25, 0.3) is 0 Å². The van der Waals surface area contributed by atoms with E-state index in [0.717, 1.165) is 25.7 Å². The molecular formula is C21H31N3O4. The summed E-state index contributed by atoms with van der Waals surface area (Å²) in [7, 11) is 0. The molecule has 0 spiro atoms. The molecule has 3 amide bonds. The quantitative estimate of drug-likeness (QED) is 0.625. The second kappa shape index (κ2) is 10.7. The molecule has 154 valence electrons. The first-order valence-electron chi connectivity index (χ1n) is 9.93. The Morgan fingerprint density at radius 2 is 1.71 bits per heavy atom. The number of amides is 3. The summed E-state index contributed by atoms with van der Waals surface area (Å²) in [6.45, 7) is 5.49. The largest absolute Gasteiger partial charge is 0.454 e. The summed E-state index contributed by atoms with van der Waals surface area (Å²) < 4.78 is 5.15. The monoisotopic (exact) mass is 389 g/mol. The first-order valence-corrected chi connectivity index (χ1v) is 9.93. The first-order chi connectivity index (χ1) is 13.3. The van der Waals surface area contributed by atoms with Crippen LogP contribution in [-0.2, 0) is 14.3 Å². The van der Waals surface area contributed by atoms with E-state index in [1.54, 1.807) is 38.1 Å². The molecule has 1 aliphatic carbocycles. The molecule has 7 nitrogen and oxygen atoms in total. The molecule has 3 N–H and O–H groups in total. The summed E-state index contributed by atoms with van der Waals surface area (Å²) in [5, 5.41) is 8.21. The van der Waals surface area contributed by atoms with Gasteiger partial charge in [-0.1, -0.05) is 39.0 Å². The number of benzene rings is 1. The van der Waals surface area contributed by atoms with Crippen molar-refractivity contribution in [1.82, 2.24) is 10.6 Å². The van der Waals surface area contributed by atoms with E-state index in [0.29, 0.717) is 11.6 Å². The zero-order chi connectivity index (χ0) is 20.5. The Kier molecular flexibility index (Phi) is 8.29. The molecule has 1 fully saturated rings. The lowest BCUT2D eigenvalue weighted by Gasteiger charge is -2.27. The van der Waals surface area contributed by atoms with E-state index in [2.05, 4.69) is 22.9 Å². The van der Waals surface area contributed by atoms with Crippen molar-refractivity contribution in [1.29, 1.82) is 0 Å². The zero-order valence-corrected chi connectivity index (χ0v) is 16.9. The van der Waals surface area contributed by atoms with E-state index >= 15 is 0 Å². The highest BCUT2D eigenvalue weighted by Crippen LogP contribution is 2.23. The van der Waals surface area contributed by atoms with Crippen molar-refractivity contribution >= 4 is 23.6 Å². The minimum absolute atomic E-state index is 0.151. The van der Waals surface area contributed by atoms with Gasteiger partial charge in [0.1, 0.15) is 6.04 Å². The molecule has 0 saturated heterocycles. The number of urea groups is 1. The Labute approximate surface area is 166 Å². The number of esters is 1. The molecule has 0 unspecified atom stereocenters. The average Bonchev–Trinajstić information content (AvgIpc) is 2.66. The first kappa shape index (κ1) is 21.7. The van der Waals surface area contributed by atoms with Gasteiger partial charge in [-0.15, -0.1) is 0 Å². The van der Waals surface area contributed by atoms with Crippen molar-refractivity contribution in [3.8, 4) is 0 Å². The predicted octanol–water partition coefficient (Wildman–Crippen LogP) is 3.07. The number of para-hydroxylation sites is 1. The summed E-state index contributed by atoms with van der Waals surface area (Å²) in [6.07, 6.45) is 4.11. The lowest BCUT2D eigenvalue weighted by atomic mass is 9.87. The highest BCUT2D eigenvalue weighted by molar-refractivity contribution is 5.93. The summed E-state index contributed by atoms with van der Waals surface area (Å²) in [5.41, 5.74) is 0.622. The molecule has 1 aromatic rings. The smallest absolute Gasteiger partial charge is 0.329 e. The van der Waals surface area contributed by atoms with Crippen molar-refractivity contribution in [2.24, 2.45) is 11.8 Å². The lowest BCUT2D eigenvalue weighted by Crippen LogP contribution is -2.48. The summed E-state index contributed by atoms with van der Waals surface area (Å²) in [4.78, 5) is 36.6.